The molecule has 3 aliphatic rings. The predicted octanol–water partition coefficient (Wildman–Crippen LogP) is 4.68. The molecular formula is C25H27Cl2FN2O4S. The lowest BCUT2D eigenvalue weighted by molar-refractivity contribution is -0.0305. The zero-order valence-electron chi connectivity index (χ0n) is 19.1. The van der Waals surface area contributed by atoms with Crippen LogP contribution in [0.2, 0.25) is 10.0 Å². The van der Waals surface area contributed by atoms with Gasteiger partial charge in [-0.2, -0.15) is 0 Å². The number of halogens is 3. The number of morpholine rings is 1. The van der Waals surface area contributed by atoms with Crippen LogP contribution in [-0.4, -0.2) is 50.3 Å². The van der Waals surface area contributed by atoms with Crippen LogP contribution in [0.5, 0.6) is 0 Å². The maximum absolute atomic E-state index is 15.0. The van der Waals surface area contributed by atoms with E-state index in [4.69, 9.17) is 27.9 Å². The van der Waals surface area contributed by atoms with E-state index in [1.807, 2.05) is 16.9 Å². The van der Waals surface area contributed by atoms with Crippen molar-refractivity contribution in [2.45, 2.75) is 55.9 Å². The zero-order valence-corrected chi connectivity index (χ0v) is 21.4. The van der Waals surface area contributed by atoms with E-state index in [2.05, 4.69) is 4.90 Å². The van der Waals surface area contributed by atoms with E-state index in [0.717, 1.165) is 29.5 Å². The van der Waals surface area contributed by atoms with Gasteiger partial charge in [0.2, 0.25) is 10.0 Å². The Bertz CT molecular complexity index is 1250. The largest absolute Gasteiger partial charge is 0.375 e. The van der Waals surface area contributed by atoms with Crippen molar-refractivity contribution in [2.75, 3.05) is 19.7 Å². The number of amides is 1. The van der Waals surface area contributed by atoms with E-state index in [0.29, 0.717) is 55.5 Å². The van der Waals surface area contributed by atoms with Gasteiger partial charge in [-0.15, -0.1) is 0 Å². The average Bonchev–Trinajstić information content (AvgIpc) is 3.69. The van der Waals surface area contributed by atoms with Gasteiger partial charge in [-0.3, -0.25) is 9.69 Å². The number of rotatable bonds is 8. The lowest BCUT2D eigenvalue weighted by Gasteiger charge is -2.33. The molecule has 3 fully saturated rings. The molecule has 0 spiro atoms. The summed E-state index contributed by atoms with van der Waals surface area (Å²) < 4.78 is 47.3. The zero-order chi connectivity index (χ0) is 24.7. The summed E-state index contributed by atoms with van der Waals surface area (Å²) in [7, 11) is -3.74. The summed E-state index contributed by atoms with van der Waals surface area (Å²) in [5.74, 6) is -1.32. The molecule has 188 valence electrons. The van der Waals surface area contributed by atoms with Crippen LogP contribution in [0.3, 0.4) is 0 Å². The molecule has 5 rings (SSSR count). The first-order valence-electron chi connectivity index (χ1n) is 11.9. The highest BCUT2D eigenvalue weighted by Crippen LogP contribution is 2.43. The van der Waals surface area contributed by atoms with Crippen molar-refractivity contribution in [3.05, 3.63) is 68.4 Å². The lowest BCUT2D eigenvalue weighted by Crippen LogP contribution is -2.43. The summed E-state index contributed by atoms with van der Waals surface area (Å²) in [6.45, 7) is 2.48. The third-order valence-electron chi connectivity index (χ3n) is 6.75. The smallest absolute Gasteiger partial charge is 0.267 e. The molecule has 0 unspecified atom stereocenters. The fraction of sp³-hybridized carbons (Fsp3) is 0.480. The van der Waals surface area contributed by atoms with Crippen molar-refractivity contribution >= 4 is 39.1 Å². The van der Waals surface area contributed by atoms with Gasteiger partial charge in [-0.05, 0) is 79.0 Å². The fourth-order valence-electron chi connectivity index (χ4n) is 4.58. The Kier molecular flexibility index (Phi) is 7.12. The Morgan fingerprint density at radius 3 is 2.57 bits per heavy atom. The van der Waals surface area contributed by atoms with E-state index in [1.54, 1.807) is 12.1 Å². The second kappa shape index (κ2) is 9.98. The Balaban J connectivity index is 1.29. The first-order chi connectivity index (χ1) is 16.7. The van der Waals surface area contributed by atoms with Crippen LogP contribution >= 0.6 is 23.2 Å². The monoisotopic (exact) mass is 540 g/mol. The van der Waals surface area contributed by atoms with E-state index in [9.17, 15) is 13.2 Å². The predicted molar refractivity (Wildman–Crippen MR) is 133 cm³/mol. The minimum Gasteiger partial charge on any atom is -0.375 e. The number of hydrogen-bond acceptors (Lipinski definition) is 5. The molecule has 6 nitrogen and oxygen atoms in total. The van der Waals surface area contributed by atoms with Crippen LogP contribution in [0, 0.1) is 5.82 Å². The molecule has 2 aliphatic carbocycles. The number of ether oxygens (including phenoxy) is 1. The molecule has 2 aromatic carbocycles. The maximum Gasteiger partial charge on any atom is 0.267 e. The molecule has 1 atom stereocenters. The Morgan fingerprint density at radius 2 is 1.89 bits per heavy atom. The molecule has 1 N–H and O–H groups in total. The van der Waals surface area contributed by atoms with E-state index in [-0.39, 0.29) is 17.6 Å². The summed E-state index contributed by atoms with van der Waals surface area (Å²) in [6, 6.07) is 8.51. The van der Waals surface area contributed by atoms with Crippen LogP contribution in [0.4, 0.5) is 4.39 Å². The SMILES string of the molecule is O=C(NS(=O)(=O)C1CC1)c1cc(C2CC2)c(CN2CCO[C@@H](Cc3ccc(Cl)c(Cl)c3)C2)cc1F. The highest BCUT2D eigenvalue weighted by Gasteiger charge is 2.38. The average molecular weight is 541 g/mol. The van der Waals surface area contributed by atoms with Crippen LogP contribution in [0.15, 0.2) is 30.3 Å². The molecule has 10 heteroatoms. The third-order valence-corrected chi connectivity index (χ3v) is 9.31. The van der Waals surface area contributed by atoms with Crippen LogP contribution < -0.4 is 4.72 Å². The second-order valence-electron chi connectivity index (χ2n) is 9.66. The van der Waals surface area contributed by atoms with Gasteiger partial charge in [0.25, 0.3) is 5.91 Å². The van der Waals surface area contributed by atoms with E-state index >= 15 is 4.39 Å². The molecule has 1 heterocycles. The van der Waals surface area contributed by atoms with Crippen molar-refractivity contribution in [1.82, 2.24) is 9.62 Å². The van der Waals surface area contributed by atoms with Crippen LogP contribution in [-0.2, 0) is 27.7 Å². The number of nitrogens with zero attached hydrogens (tertiary/aromatic N) is 1. The highest BCUT2D eigenvalue weighted by atomic mass is 35.5. The Hall–Kier alpha value is -1.71. The normalized spacial score (nSPS) is 21.2. The number of benzene rings is 2. The van der Waals surface area contributed by atoms with Crippen LogP contribution in [0.1, 0.15) is 58.6 Å². The van der Waals surface area contributed by atoms with Gasteiger partial charge in [-0.25, -0.2) is 17.5 Å². The molecule has 1 aliphatic heterocycles. The van der Waals surface area contributed by atoms with Gasteiger partial charge < -0.3 is 4.74 Å². The fourth-order valence-corrected chi connectivity index (χ4v) is 6.19. The lowest BCUT2D eigenvalue weighted by atomic mass is 9.98. The van der Waals surface area contributed by atoms with Crippen molar-refractivity contribution in [1.29, 1.82) is 0 Å². The summed E-state index contributed by atoms with van der Waals surface area (Å²) in [4.78, 5) is 14.8. The van der Waals surface area contributed by atoms with E-state index in [1.165, 1.54) is 6.07 Å². The number of hydrogen-bond donors (Lipinski definition) is 1. The molecular weight excluding hydrogens is 514 g/mol. The number of nitrogens with one attached hydrogen (secondary N) is 1. The van der Waals surface area contributed by atoms with Crippen molar-refractivity contribution in [2.24, 2.45) is 0 Å². The Labute approximate surface area is 214 Å². The number of carbonyl (C=O) groups is 1. The standard InChI is InChI=1S/C25H27Cl2FN2O4S/c26-22-6-1-15(10-23(22)27)9-18-14-30(7-8-34-18)13-17-11-24(28)21(12-20(17)16-2-3-16)25(31)29-35(32,33)19-4-5-19/h1,6,10-12,16,18-19H,2-5,7-9,13-14H2,(H,29,31)/t18-/m0/s1. The van der Waals surface area contributed by atoms with Crippen molar-refractivity contribution in [3.63, 3.8) is 0 Å². The van der Waals surface area contributed by atoms with Crippen molar-refractivity contribution in [3.8, 4) is 0 Å². The minimum atomic E-state index is -3.74. The molecule has 0 aromatic heterocycles. The molecule has 2 aromatic rings. The molecule has 1 amide bonds. The van der Waals surface area contributed by atoms with Gasteiger partial charge in [-0.1, -0.05) is 29.3 Å². The third kappa shape index (κ3) is 6.00. The summed E-state index contributed by atoms with van der Waals surface area (Å²) in [5.41, 5.74) is 2.58. The van der Waals surface area contributed by atoms with Gasteiger partial charge in [0.15, 0.2) is 0 Å². The topological polar surface area (TPSA) is 75.7 Å². The molecule has 2 saturated carbocycles. The first-order valence-corrected chi connectivity index (χ1v) is 14.2. The van der Waals surface area contributed by atoms with E-state index < -0.39 is 27.0 Å². The van der Waals surface area contributed by atoms with Crippen LogP contribution in [0.25, 0.3) is 0 Å². The molecule has 35 heavy (non-hydrogen) atoms. The maximum atomic E-state index is 15.0. The quantitative estimate of drug-likeness (QED) is 0.526. The molecule has 1 saturated heterocycles. The second-order valence-corrected chi connectivity index (χ2v) is 12.4. The van der Waals surface area contributed by atoms with Gasteiger partial charge >= 0.3 is 0 Å². The summed E-state index contributed by atoms with van der Waals surface area (Å²) >= 11 is 12.2. The number of sulfonamides is 1. The van der Waals surface area contributed by atoms with Gasteiger partial charge in [0, 0.05) is 19.6 Å². The van der Waals surface area contributed by atoms with Crippen molar-refractivity contribution < 1.29 is 22.3 Å². The highest BCUT2D eigenvalue weighted by molar-refractivity contribution is 7.91. The Morgan fingerprint density at radius 1 is 1.11 bits per heavy atom. The molecule has 0 bridgehead atoms. The number of carbonyl (C=O) groups excluding carboxylic acids is 1. The summed E-state index contributed by atoms with van der Waals surface area (Å²) in [6.07, 6.45) is 3.66. The van der Waals surface area contributed by atoms with Gasteiger partial charge in [0.1, 0.15) is 5.82 Å². The minimum absolute atomic E-state index is 0.0344. The molecule has 0 radical (unpaired) electrons. The van der Waals surface area contributed by atoms with Gasteiger partial charge in [0.05, 0.1) is 33.6 Å². The first kappa shape index (κ1) is 25.0. The summed E-state index contributed by atoms with van der Waals surface area (Å²) in [5, 5.41) is 0.476.